The first-order valence-corrected chi connectivity index (χ1v) is 3.90. The first-order valence-electron chi connectivity index (χ1n) is 3.90. The minimum Gasteiger partial charge on any atom is -0.516 e. The third kappa shape index (κ3) is 1.81. The van der Waals surface area contributed by atoms with Gasteiger partial charge in [-0.15, -0.1) is 0 Å². The van der Waals surface area contributed by atoms with E-state index in [0.29, 0.717) is 6.67 Å². The van der Waals surface area contributed by atoms with E-state index in [4.69, 9.17) is 10.2 Å². The standard InChI is InChI=1S/C8H12N2O3/c1-9-3-5-10(7-9,8(12)13)4-2-6-11/h2-3,5-6H,4,7H2,1H3,(H-,11,12,13)/p+1. The van der Waals surface area contributed by atoms with E-state index in [-0.39, 0.29) is 11.0 Å². The van der Waals surface area contributed by atoms with E-state index in [1.54, 1.807) is 17.3 Å². The van der Waals surface area contributed by atoms with Crippen LogP contribution in [0.2, 0.25) is 0 Å². The molecule has 0 radical (unpaired) electrons. The highest BCUT2D eigenvalue weighted by Gasteiger charge is 2.38. The number of nitrogens with zero attached hydrogens (tertiary/aromatic N) is 2. The van der Waals surface area contributed by atoms with E-state index in [0.717, 1.165) is 6.26 Å². The number of aliphatic hydroxyl groups excluding tert-OH is 1. The molecular weight excluding hydrogens is 172 g/mol. The SMILES string of the molecule is CN1C=C[N+](CC=CO)(C(=O)O)C1. The average molecular weight is 185 g/mol. The van der Waals surface area contributed by atoms with Gasteiger partial charge in [0.25, 0.3) is 0 Å². The second-order valence-electron chi connectivity index (χ2n) is 3.08. The predicted molar refractivity (Wildman–Crippen MR) is 46.7 cm³/mol. The van der Waals surface area contributed by atoms with E-state index < -0.39 is 6.09 Å². The van der Waals surface area contributed by atoms with Crippen LogP contribution in [0.4, 0.5) is 4.79 Å². The molecule has 72 valence electrons. The molecule has 1 atom stereocenters. The summed E-state index contributed by atoms with van der Waals surface area (Å²) >= 11 is 0. The lowest BCUT2D eigenvalue weighted by atomic mass is 10.4. The van der Waals surface area contributed by atoms with Crippen molar-refractivity contribution >= 4 is 6.09 Å². The Bertz CT molecular complexity index is 262. The van der Waals surface area contributed by atoms with E-state index in [1.165, 1.54) is 6.08 Å². The van der Waals surface area contributed by atoms with Crippen molar-refractivity contribution in [2.24, 2.45) is 0 Å². The van der Waals surface area contributed by atoms with Crippen molar-refractivity contribution in [1.82, 2.24) is 4.90 Å². The van der Waals surface area contributed by atoms with Crippen LogP contribution in [0.5, 0.6) is 0 Å². The summed E-state index contributed by atoms with van der Waals surface area (Å²) in [6.45, 7) is 0.645. The highest BCUT2D eigenvalue weighted by molar-refractivity contribution is 5.58. The molecule has 2 N–H and O–H groups in total. The molecule has 1 aliphatic heterocycles. The van der Waals surface area contributed by atoms with Gasteiger partial charge in [0.2, 0.25) is 0 Å². The fourth-order valence-electron chi connectivity index (χ4n) is 1.29. The van der Waals surface area contributed by atoms with Crippen LogP contribution in [-0.4, -0.2) is 46.0 Å². The zero-order chi connectivity index (χ0) is 9.90. The van der Waals surface area contributed by atoms with Gasteiger partial charge < -0.3 is 15.1 Å². The maximum Gasteiger partial charge on any atom is 0.520 e. The fraction of sp³-hybridized carbons (Fsp3) is 0.375. The van der Waals surface area contributed by atoms with Crippen LogP contribution in [0.15, 0.2) is 24.7 Å². The summed E-state index contributed by atoms with van der Waals surface area (Å²) in [5, 5.41) is 17.5. The van der Waals surface area contributed by atoms with Crippen molar-refractivity contribution in [3.8, 4) is 0 Å². The molecule has 5 heteroatoms. The third-order valence-electron chi connectivity index (χ3n) is 2.00. The van der Waals surface area contributed by atoms with Crippen LogP contribution in [-0.2, 0) is 0 Å². The zero-order valence-corrected chi connectivity index (χ0v) is 7.42. The van der Waals surface area contributed by atoms with Crippen LogP contribution in [0.1, 0.15) is 0 Å². The van der Waals surface area contributed by atoms with Gasteiger partial charge >= 0.3 is 6.09 Å². The maximum absolute atomic E-state index is 11.0. The quantitative estimate of drug-likeness (QED) is 0.496. The van der Waals surface area contributed by atoms with E-state index in [1.807, 2.05) is 7.05 Å². The highest BCUT2D eigenvalue weighted by Crippen LogP contribution is 2.17. The first kappa shape index (κ1) is 9.60. The van der Waals surface area contributed by atoms with Crippen molar-refractivity contribution in [1.29, 1.82) is 0 Å². The van der Waals surface area contributed by atoms with Gasteiger partial charge in [0.1, 0.15) is 12.7 Å². The zero-order valence-electron chi connectivity index (χ0n) is 7.42. The van der Waals surface area contributed by atoms with E-state index in [2.05, 4.69) is 0 Å². The van der Waals surface area contributed by atoms with Crippen molar-refractivity contribution in [2.45, 2.75) is 0 Å². The Hall–Kier alpha value is -1.49. The van der Waals surface area contributed by atoms with Crippen LogP contribution in [0, 0.1) is 0 Å². The average Bonchev–Trinajstić information content (AvgIpc) is 2.45. The summed E-state index contributed by atoms with van der Waals surface area (Å²) < 4.78 is -0.187. The van der Waals surface area contributed by atoms with E-state index >= 15 is 0 Å². The molecule has 0 saturated heterocycles. The molecule has 0 fully saturated rings. The minimum absolute atomic E-state index is 0.187. The smallest absolute Gasteiger partial charge is 0.516 e. The van der Waals surface area contributed by atoms with Crippen molar-refractivity contribution in [3.05, 3.63) is 24.7 Å². The molecule has 0 aromatic carbocycles. The molecular formula is C8H13N2O3+. The summed E-state index contributed by atoms with van der Waals surface area (Å²) in [4.78, 5) is 12.7. The van der Waals surface area contributed by atoms with Crippen LogP contribution < -0.4 is 0 Å². The lowest BCUT2D eigenvalue weighted by Crippen LogP contribution is -2.48. The van der Waals surface area contributed by atoms with Crippen LogP contribution in [0.25, 0.3) is 0 Å². The molecule has 1 amide bonds. The number of carboxylic acid groups (broad SMARTS) is 1. The predicted octanol–water partition coefficient (Wildman–Crippen LogP) is 0.927. The second-order valence-corrected chi connectivity index (χ2v) is 3.08. The molecule has 13 heavy (non-hydrogen) atoms. The third-order valence-corrected chi connectivity index (χ3v) is 2.00. The number of aliphatic hydroxyl groups is 1. The summed E-state index contributed by atoms with van der Waals surface area (Å²) in [6.07, 6.45) is 4.70. The highest BCUT2D eigenvalue weighted by atomic mass is 16.4. The second kappa shape index (κ2) is 3.49. The van der Waals surface area contributed by atoms with Gasteiger partial charge in [-0.2, -0.15) is 9.28 Å². The van der Waals surface area contributed by atoms with E-state index in [9.17, 15) is 4.79 Å². The number of amides is 1. The summed E-state index contributed by atoms with van der Waals surface area (Å²) in [7, 11) is 1.81. The first-order chi connectivity index (χ1) is 6.10. The number of rotatable bonds is 2. The molecule has 1 aliphatic rings. The summed E-state index contributed by atoms with van der Waals surface area (Å²) in [5.41, 5.74) is 0. The van der Waals surface area contributed by atoms with Crippen molar-refractivity contribution in [3.63, 3.8) is 0 Å². The van der Waals surface area contributed by atoms with Gasteiger partial charge in [-0.1, -0.05) is 0 Å². The van der Waals surface area contributed by atoms with Crippen molar-refractivity contribution < 1.29 is 19.5 Å². The molecule has 1 rings (SSSR count). The van der Waals surface area contributed by atoms with Crippen LogP contribution in [0.3, 0.4) is 0 Å². The Kier molecular flexibility index (Phi) is 2.57. The molecule has 0 saturated carbocycles. The maximum atomic E-state index is 11.0. The lowest BCUT2D eigenvalue weighted by Gasteiger charge is -2.24. The Morgan fingerprint density at radius 2 is 2.46 bits per heavy atom. The normalized spacial score (nSPS) is 27.3. The van der Waals surface area contributed by atoms with Gasteiger partial charge in [0.05, 0.1) is 12.5 Å². The van der Waals surface area contributed by atoms with Crippen LogP contribution >= 0.6 is 0 Å². The molecule has 0 aliphatic carbocycles. The molecule has 1 heterocycles. The molecule has 5 nitrogen and oxygen atoms in total. The molecule has 0 bridgehead atoms. The topological polar surface area (TPSA) is 60.8 Å². The van der Waals surface area contributed by atoms with Gasteiger partial charge in [-0.25, -0.2) is 0 Å². The number of hydrogen-bond donors (Lipinski definition) is 2. The summed E-state index contributed by atoms with van der Waals surface area (Å²) in [6, 6.07) is 0. The largest absolute Gasteiger partial charge is 0.520 e. The van der Waals surface area contributed by atoms with Crippen molar-refractivity contribution in [2.75, 3.05) is 20.3 Å². The fourth-order valence-corrected chi connectivity index (χ4v) is 1.29. The van der Waals surface area contributed by atoms with Gasteiger partial charge in [-0.3, -0.25) is 0 Å². The van der Waals surface area contributed by atoms with Gasteiger partial charge in [0, 0.05) is 13.1 Å². The Morgan fingerprint density at radius 1 is 1.77 bits per heavy atom. The molecule has 0 spiro atoms. The monoisotopic (exact) mass is 185 g/mol. The Balaban J connectivity index is 2.78. The number of carbonyl (C=O) groups is 1. The molecule has 0 aromatic heterocycles. The summed E-state index contributed by atoms with van der Waals surface area (Å²) in [5.74, 6) is 0. The lowest BCUT2D eigenvalue weighted by molar-refractivity contribution is -0.801. The molecule has 0 aromatic rings. The van der Waals surface area contributed by atoms with Gasteiger partial charge in [0.15, 0.2) is 6.67 Å². The number of hydrogen-bond acceptors (Lipinski definition) is 3. The number of quaternary nitrogens is 1. The van der Waals surface area contributed by atoms with Gasteiger partial charge in [-0.05, 0) is 0 Å². The minimum atomic E-state index is -0.918. The molecule has 1 unspecified atom stereocenters. The Morgan fingerprint density at radius 3 is 2.85 bits per heavy atom. The Labute approximate surface area is 76.4 Å².